The highest BCUT2D eigenvalue weighted by atomic mass is 32.2. The fourth-order valence-corrected chi connectivity index (χ4v) is 7.44. The molecule has 0 bridgehead atoms. The summed E-state index contributed by atoms with van der Waals surface area (Å²) < 4.78 is 28.1. The third-order valence-corrected chi connectivity index (χ3v) is 9.96. The molecule has 0 aliphatic carbocycles. The molecule has 19 heteroatoms. The number of aromatic nitrogens is 2. The summed E-state index contributed by atoms with van der Waals surface area (Å²) in [7, 11) is 0. The number of carboxylic acid groups (broad SMARTS) is 1. The van der Waals surface area contributed by atoms with Crippen LogP contribution >= 0.6 is 23.1 Å². The van der Waals surface area contributed by atoms with E-state index in [1.54, 1.807) is 34.0 Å². The Labute approximate surface area is 289 Å². The number of thiazole rings is 1. The number of pyridine rings is 1. The number of nitrogens with one attached hydrogen (secondary N) is 2. The van der Waals surface area contributed by atoms with Gasteiger partial charge in [-0.15, -0.1) is 23.1 Å². The molecule has 2 aromatic heterocycles. The lowest BCUT2D eigenvalue weighted by atomic mass is 10.0. The second-order valence-electron chi connectivity index (χ2n) is 11.2. The minimum Gasteiger partial charge on any atom is -0.543 e. The quantitative estimate of drug-likeness (QED) is 0.0543. The van der Waals surface area contributed by atoms with Crippen molar-refractivity contribution in [3.63, 3.8) is 0 Å². The molecule has 6 rings (SSSR count). The highest BCUT2D eigenvalue weighted by Crippen LogP contribution is 2.41. The Morgan fingerprint density at radius 3 is 2.60 bits per heavy atom. The van der Waals surface area contributed by atoms with Gasteiger partial charge in [-0.3, -0.25) is 24.1 Å². The molecule has 5 N–H and O–H groups in total. The van der Waals surface area contributed by atoms with Crippen LogP contribution in [0.25, 0.3) is 0 Å². The number of benzene rings is 1. The molecule has 3 aromatic rings. The molecule has 15 nitrogen and oxygen atoms in total. The van der Waals surface area contributed by atoms with E-state index in [2.05, 4.69) is 20.8 Å². The summed E-state index contributed by atoms with van der Waals surface area (Å²) in [6, 6.07) is 5.37. The van der Waals surface area contributed by atoms with Crippen molar-refractivity contribution in [2.75, 3.05) is 23.3 Å². The molecular weight excluding hydrogens is 699 g/mol. The third-order valence-electron chi connectivity index (χ3n) is 7.98. The number of fused-ring (bicyclic) bond motifs is 1. The lowest BCUT2D eigenvalue weighted by Gasteiger charge is -2.50. The highest BCUT2D eigenvalue weighted by Gasteiger charge is 2.53. The Bertz CT molecular complexity index is 2020. The zero-order valence-corrected chi connectivity index (χ0v) is 27.3. The van der Waals surface area contributed by atoms with E-state index in [1.807, 2.05) is 0 Å². The normalized spacial score (nSPS) is 19.8. The topological polar surface area (TPSA) is 214 Å². The van der Waals surface area contributed by atoms with E-state index in [0.717, 1.165) is 33.9 Å². The first-order valence-electron chi connectivity index (χ1n) is 14.8. The monoisotopic (exact) mass is 724 g/mol. The number of likely N-dealkylation sites (tertiary alicyclic amines) is 1. The number of allylic oxidation sites excluding steroid dienone is 1. The van der Waals surface area contributed by atoms with Crippen LogP contribution in [0, 0.1) is 11.6 Å². The summed E-state index contributed by atoms with van der Waals surface area (Å²) in [5.74, 6) is -6.02. The summed E-state index contributed by atoms with van der Waals surface area (Å²) in [4.78, 5) is 70.2. The van der Waals surface area contributed by atoms with Crippen molar-refractivity contribution < 1.29 is 47.6 Å². The largest absolute Gasteiger partial charge is 0.543 e. The average Bonchev–Trinajstić information content (AvgIpc) is 3.66. The minimum atomic E-state index is -1.62. The van der Waals surface area contributed by atoms with E-state index in [4.69, 9.17) is 5.73 Å². The first-order valence-corrected chi connectivity index (χ1v) is 16.7. The van der Waals surface area contributed by atoms with E-state index in [1.165, 1.54) is 29.3 Å². The predicted octanol–water partition coefficient (Wildman–Crippen LogP) is -0.129. The van der Waals surface area contributed by atoms with Crippen molar-refractivity contribution in [2.24, 2.45) is 5.16 Å². The van der Waals surface area contributed by atoms with Crippen molar-refractivity contribution in [1.29, 1.82) is 0 Å². The van der Waals surface area contributed by atoms with Crippen molar-refractivity contribution in [3.05, 3.63) is 93.9 Å². The molecule has 2 fully saturated rings. The van der Waals surface area contributed by atoms with Gasteiger partial charge in [0.2, 0.25) is 12.5 Å². The van der Waals surface area contributed by atoms with Gasteiger partial charge in [0.15, 0.2) is 34.9 Å². The van der Waals surface area contributed by atoms with Crippen molar-refractivity contribution in [3.8, 4) is 0 Å². The summed E-state index contributed by atoms with van der Waals surface area (Å²) in [5, 5.41) is 30.3. The van der Waals surface area contributed by atoms with Gasteiger partial charge in [-0.25, -0.2) is 13.8 Å². The van der Waals surface area contributed by atoms with Gasteiger partial charge in [-0.2, -0.15) is 4.57 Å². The molecule has 0 unspecified atom stereocenters. The van der Waals surface area contributed by atoms with Crippen LogP contribution in [0.3, 0.4) is 0 Å². The molecule has 3 aliphatic rings. The van der Waals surface area contributed by atoms with Crippen molar-refractivity contribution in [1.82, 2.24) is 20.1 Å². The molecule has 0 spiro atoms. The Kier molecular flexibility index (Phi) is 9.60. The van der Waals surface area contributed by atoms with Crippen molar-refractivity contribution >= 4 is 69.2 Å². The average molecular weight is 725 g/mol. The summed E-state index contributed by atoms with van der Waals surface area (Å²) in [6.45, 7) is 0.492. The number of hydrogen-bond donors (Lipinski definition) is 4. The number of rotatable bonds is 10. The second kappa shape index (κ2) is 14.0. The second-order valence-corrected chi connectivity index (χ2v) is 13.2. The molecule has 5 heterocycles. The number of anilines is 2. The highest BCUT2D eigenvalue weighted by molar-refractivity contribution is 8.00. The first-order chi connectivity index (χ1) is 23.9. The Hall–Kier alpha value is -5.69. The Morgan fingerprint density at radius 2 is 1.94 bits per heavy atom. The minimum absolute atomic E-state index is 0.00606. The van der Waals surface area contributed by atoms with Gasteiger partial charge in [-0.05, 0) is 35.8 Å². The van der Waals surface area contributed by atoms with E-state index < -0.39 is 58.1 Å². The predicted molar refractivity (Wildman–Crippen MR) is 172 cm³/mol. The number of carbonyl (C=O) groups excluding carboxylic acids is 5. The van der Waals surface area contributed by atoms with Crippen LogP contribution in [0.2, 0.25) is 0 Å². The van der Waals surface area contributed by atoms with Gasteiger partial charge < -0.3 is 36.4 Å². The van der Waals surface area contributed by atoms with Crippen LogP contribution in [0.5, 0.6) is 0 Å². The Balaban J connectivity index is 1.07. The fraction of sp³-hybridized carbons (Fsp3) is 0.226. The van der Waals surface area contributed by atoms with Gasteiger partial charge in [0.05, 0.1) is 11.7 Å². The molecule has 3 aliphatic heterocycles. The number of nitrogens with zero attached hydrogens (tertiary/aromatic N) is 5. The van der Waals surface area contributed by atoms with E-state index >= 15 is 0 Å². The number of nitrogens with two attached hydrogens (primary N) is 1. The number of carboxylic acids is 1. The number of halogens is 2. The molecule has 258 valence electrons. The third kappa shape index (κ3) is 6.90. The number of β-lactam (4-membered cyclic amide) rings is 1. The van der Waals surface area contributed by atoms with Gasteiger partial charge in [0.25, 0.3) is 17.7 Å². The van der Waals surface area contributed by atoms with Crippen LogP contribution in [-0.4, -0.2) is 79.0 Å². The van der Waals surface area contributed by atoms with E-state index in [-0.39, 0.29) is 46.8 Å². The molecule has 2 saturated heterocycles. The van der Waals surface area contributed by atoms with Crippen LogP contribution in [0.1, 0.15) is 17.7 Å². The maximum Gasteiger partial charge on any atom is 0.290 e. The van der Waals surface area contributed by atoms with E-state index in [0.29, 0.717) is 18.5 Å². The lowest BCUT2D eigenvalue weighted by Crippen LogP contribution is -2.71. The molecular formula is C31H26F2N8O7S2. The lowest BCUT2D eigenvalue weighted by molar-refractivity contribution is -0.684. The van der Waals surface area contributed by atoms with Crippen LogP contribution < -0.4 is 26.0 Å². The van der Waals surface area contributed by atoms with Crippen molar-refractivity contribution in [2.45, 2.75) is 30.9 Å². The van der Waals surface area contributed by atoms with Gasteiger partial charge in [0, 0.05) is 53.7 Å². The smallest absolute Gasteiger partial charge is 0.290 e. The SMILES string of the molecule is Nc1nc(/C(=N/O)C(=O)N[C@@H]2C(=O)N3C(C(=O)[O-])=C(/C=C4\CCN(Cc5cc[n+](CC(=O)Nc6ccc(F)c(F)c6)cc5)C4=O)CS[C@H]23)cs1. The summed E-state index contributed by atoms with van der Waals surface area (Å²) in [5.41, 5.74) is 6.17. The van der Waals surface area contributed by atoms with Crippen LogP contribution in [-0.2, 0) is 37.1 Å². The zero-order chi connectivity index (χ0) is 35.7. The number of thioether (sulfide) groups is 1. The van der Waals surface area contributed by atoms with Gasteiger partial charge in [0.1, 0.15) is 17.1 Å². The summed E-state index contributed by atoms with van der Waals surface area (Å²) in [6.07, 6.45) is 5.06. The molecule has 4 amide bonds. The molecule has 0 saturated carbocycles. The van der Waals surface area contributed by atoms with Gasteiger partial charge >= 0.3 is 0 Å². The maximum absolute atomic E-state index is 13.4. The summed E-state index contributed by atoms with van der Waals surface area (Å²) >= 11 is 2.20. The number of hydrogen-bond acceptors (Lipinski definition) is 12. The number of oxime groups is 1. The maximum atomic E-state index is 13.4. The number of aliphatic carboxylic acids is 1. The molecule has 0 radical (unpaired) electrons. The standard InChI is InChI=1S/C31H26F2N8O7S2/c32-19-2-1-18(10-20(19)33)35-22(42)12-39-6-3-15(4-7-39)11-40-8-5-16(27(40)44)9-17-13-49-29-24(28(45)41(29)25(17)30(46)47)37-26(43)23(38-48)21-14-50-31(34)36-21/h1-4,6-7,9-10,14,24,29H,5,8,11-13H2,(H5-,34,35,36,37,42,43,46,47,48)/b16-9+/t24-,29-/m1/s1. The number of amides is 4. The fourth-order valence-electron chi connectivity index (χ4n) is 5.58. The van der Waals surface area contributed by atoms with Crippen LogP contribution in [0.4, 0.5) is 19.6 Å². The molecule has 1 aromatic carbocycles. The number of nitrogen functional groups attached to an aromatic ring is 1. The van der Waals surface area contributed by atoms with Crippen LogP contribution in [0.15, 0.2) is 76.2 Å². The molecule has 2 atom stereocenters. The van der Waals surface area contributed by atoms with Gasteiger partial charge in [-0.1, -0.05) is 5.16 Å². The Morgan fingerprint density at radius 1 is 1.18 bits per heavy atom. The number of carbonyl (C=O) groups is 5. The van der Waals surface area contributed by atoms with E-state index in [9.17, 15) is 43.1 Å². The zero-order valence-electron chi connectivity index (χ0n) is 25.7. The first kappa shape index (κ1) is 34.2. The molecule has 50 heavy (non-hydrogen) atoms.